The number of rotatable bonds is 5. The third-order valence-electron chi connectivity index (χ3n) is 12.4. The van der Waals surface area contributed by atoms with Crippen molar-refractivity contribution in [2.75, 3.05) is 22.9 Å². The minimum absolute atomic E-state index is 0.0698. The van der Waals surface area contributed by atoms with Gasteiger partial charge < -0.3 is 9.80 Å². The van der Waals surface area contributed by atoms with E-state index in [0.29, 0.717) is 25.9 Å². The van der Waals surface area contributed by atoms with Crippen molar-refractivity contribution in [3.8, 4) is 33.4 Å². The monoisotopic (exact) mass is 781 g/mol. The Labute approximate surface area is 351 Å². The fourth-order valence-electron chi connectivity index (χ4n) is 8.35. The number of benzene rings is 4. The number of nitrogens with zero attached hydrogens (tertiary/aromatic N) is 2. The van der Waals surface area contributed by atoms with Crippen LogP contribution in [0.2, 0.25) is 0 Å². The van der Waals surface area contributed by atoms with Gasteiger partial charge in [0.1, 0.15) is 0 Å². The van der Waals surface area contributed by atoms with Crippen LogP contribution in [0.4, 0.5) is 11.4 Å². The van der Waals surface area contributed by atoms with E-state index in [1.54, 1.807) is 0 Å². The average molecular weight is 781 g/mol. The Morgan fingerprint density at radius 1 is 0.362 bits per heavy atom. The van der Waals surface area contributed by atoms with Gasteiger partial charge in [-0.2, -0.15) is 0 Å². The molecule has 2 heterocycles. The van der Waals surface area contributed by atoms with E-state index >= 15 is 0 Å². The molecule has 58 heavy (non-hydrogen) atoms. The highest BCUT2D eigenvalue weighted by molar-refractivity contribution is 6.02. The lowest BCUT2D eigenvalue weighted by atomic mass is 9.74. The zero-order chi connectivity index (χ0) is 42.7. The summed E-state index contributed by atoms with van der Waals surface area (Å²) in [4.78, 5) is 31.3. The lowest BCUT2D eigenvalue weighted by Gasteiger charge is -2.32. The summed E-state index contributed by atoms with van der Waals surface area (Å²) in [5.41, 5.74) is 14.7. The second kappa shape index (κ2) is 15.4. The Morgan fingerprint density at radius 2 is 0.672 bits per heavy atom. The Bertz CT molecular complexity index is 2000. The average Bonchev–Trinajstić information content (AvgIpc) is 3.12. The Balaban J connectivity index is 1.83. The maximum absolute atomic E-state index is 13.7. The molecule has 0 aliphatic carbocycles. The van der Waals surface area contributed by atoms with E-state index in [-0.39, 0.29) is 38.9 Å². The van der Waals surface area contributed by atoms with Crippen LogP contribution in [0, 0.1) is 0 Å². The van der Waals surface area contributed by atoms with Gasteiger partial charge in [0.15, 0.2) is 0 Å². The number of hydrogen-bond donors (Lipinski definition) is 0. The van der Waals surface area contributed by atoms with Crippen LogP contribution in [0.25, 0.3) is 33.4 Å². The first-order chi connectivity index (χ1) is 26.7. The largest absolute Gasteiger partial charge is 0.312 e. The second-order valence-corrected chi connectivity index (χ2v) is 22.5. The number of anilines is 2. The van der Waals surface area contributed by atoms with E-state index in [1.165, 1.54) is 50.1 Å². The number of amides is 2. The molecular formula is C54H72N2O2. The molecule has 2 fully saturated rings. The molecule has 2 amide bonds. The van der Waals surface area contributed by atoms with Crippen molar-refractivity contribution in [2.24, 2.45) is 0 Å². The van der Waals surface area contributed by atoms with Crippen LogP contribution in [0.1, 0.15) is 170 Å². The van der Waals surface area contributed by atoms with Gasteiger partial charge in [-0.1, -0.05) is 140 Å². The lowest BCUT2D eigenvalue weighted by Crippen LogP contribution is -2.37. The summed E-state index contributed by atoms with van der Waals surface area (Å²) in [6, 6.07) is 26.0. The molecular weight excluding hydrogens is 709 g/mol. The molecule has 4 aromatic carbocycles. The zero-order valence-electron chi connectivity index (χ0n) is 38.7. The minimum Gasteiger partial charge on any atom is -0.312 e. The summed E-state index contributed by atoms with van der Waals surface area (Å²) in [7, 11) is 0. The van der Waals surface area contributed by atoms with Crippen molar-refractivity contribution < 1.29 is 9.59 Å². The fraction of sp³-hybridized carbons (Fsp3) is 0.519. The van der Waals surface area contributed by atoms with Gasteiger partial charge in [-0.3, -0.25) is 9.59 Å². The molecule has 4 aromatic rings. The van der Waals surface area contributed by atoms with Gasteiger partial charge in [-0.15, -0.1) is 0 Å². The van der Waals surface area contributed by atoms with E-state index < -0.39 is 0 Å². The van der Waals surface area contributed by atoms with Crippen molar-refractivity contribution in [1.82, 2.24) is 0 Å². The molecule has 6 rings (SSSR count). The molecule has 0 N–H and O–H groups in total. The molecule has 0 atom stereocenters. The Hall–Kier alpha value is -4.18. The topological polar surface area (TPSA) is 40.6 Å². The molecule has 2 saturated heterocycles. The SMILES string of the molecule is CC(C)(C)c1cc(-c2cc(C(C)(C)C)cc(-c3cc(C(C)(C)C)cc(C(C)(C)C)c3)c2-c2cc(N3CCCCC3=O)cc(N3CCCCC3=O)c2)cc(C(C)(C)C)c1. The van der Waals surface area contributed by atoms with Gasteiger partial charge in [0.05, 0.1) is 0 Å². The van der Waals surface area contributed by atoms with Crippen LogP contribution in [0.3, 0.4) is 0 Å². The number of piperidine rings is 2. The number of carbonyl (C=O) groups excluding carboxylic acids is 2. The number of carbonyl (C=O) groups is 2. The van der Waals surface area contributed by atoms with E-state index in [4.69, 9.17) is 0 Å². The van der Waals surface area contributed by atoms with Crippen molar-refractivity contribution >= 4 is 23.2 Å². The molecule has 2 aliphatic heterocycles. The first-order valence-corrected chi connectivity index (χ1v) is 22.0. The first-order valence-electron chi connectivity index (χ1n) is 22.0. The lowest BCUT2D eigenvalue weighted by molar-refractivity contribution is -0.120. The third-order valence-corrected chi connectivity index (χ3v) is 12.4. The summed E-state index contributed by atoms with van der Waals surface area (Å²) in [6.45, 7) is 36.0. The summed E-state index contributed by atoms with van der Waals surface area (Å²) in [5, 5.41) is 0. The van der Waals surface area contributed by atoms with Gasteiger partial charge >= 0.3 is 0 Å². The quantitative estimate of drug-likeness (QED) is 0.202. The molecule has 0 spiro atoms. The molecule has 2 aliphatic rings. The van der Waals surface area contributed by atoms with Gasteiger partial charge in [0, 0.05) is 37.3 Å². The highest BCUT2D eigenvalue weighted by Gasteiger charge is 2.30. The van der Waals surface area contributed by atoms with Gasteiger partial charge in [-0.05, 0) is 144 Å². The molecule has 0 radical (unpaired) electrons. The predicted octanol–water partition coefficient (Wildman–Crippen LogP) is 14.2. The first kappa shape index (κ1) is 43.4. The Morgan fingerprint density at radius 3 is 0.966 bits per heavy atom. The minimum atomic E-state index is -0.140. The van der Waals surface area contributed by atoms with E-state index in [0.717, 1.165) is 48.2 Å². The smallest absolute Gasteiger partial charge is 0.226 e. The summed E-state index contributed by atoms with van der Waals surface area (Å²) in [6.07, 6.45) is 4.85. The predicted molar refractivity (Wildman–Crippen MR) is 249 cm³/mol. The number of hydrogen-bond acceptors (Lipinski definition) is 2. The summed E-state index contributed by atoms with van der Waals surface area (Å²) in [5.74, 6) is 0.312. The van der Waals surface area contributed by atoms with E-state index in [1.807, 2.05) is 9.80 Å². The molecule has 0 unspecified atom stereocenters. The van der Waals surface area contributed by atoms with Crippen LogP contribution in [-0.4, -0.2) is 24.9 Å². The van der Waals surface area contributed by atoms with Crippen LogP contribution in [-0.2, 0) is 36.7 Å². The van der Waals surface area contributed by atoms with Crippen LogP contribution in [0.15, 0.2) is 66.7 Å². The van der Waals surface area contributed by atoms with E-state index in [9.17, 15) is 9.59 Å². The molecule has 0 aromatic heterocycles. The van der Waals surface area contributed by atoms with Gasteiger partial charge in [-0.25, -0.2) is 0 Å². The van der Waals surface area contributed by atoms with Crippen LogP contribution < -0.4 is 9.80 Å². The Kier molecular flexibility index (Phi) is 11.6. The zero-order valence-corrected chi connectivity index (χ0v) is 38.7. The highest BCUT2D eigenvalue weighted by atomic mass is 16.2. The van der Waals surface area contributed by atoms with Crippen molar-refractivity contribution in [2.45, 2.75) is 169 Å². The normalized spacial score (nSPS) is 16.3. The molecule has 4 nitrogen and oxygen atoms in total. The van der Waals surface area contributed by atoms with E-state index in [2.05, 4.69) is 171 Å². The summed E-state index contributed by atoms with van der Waals surface area (Å²) < 4.78 is 0. The third kappa shape index (κ3) is 9.32. The molecule has 0 saturated carbocycles. The van der Waals surface area contributed by atoms with Gasteiger partial charge in [0.25, 0.3) is 0 Å². The maximum atomic E-state index is 13.7. The molecule has 310 valence electrons. The fourth-order valence-corrected chi connectivity index (χ4v) is 8.35. The van der Waals surface area contributed by atoms with Gasteiger partial charge in [0.2, 0.25) is 11.8 Å². The summed E-state index contributed by atoms with van der Waals surface area (Å²) >= 11 is 0. The van der Waals surface area contributed by atoms with Crippen molar-refractivity contribution in [3.63, 3.8) is 0 Å². The molecule has 0 bridgehead atoms. The standard InChI is InChI=1S/C54H72N2O2/c1-50(2,3)38-24-35(25-39(30-38)51(4,5)6)45-32-42(54(13,14)15)33-46(36-26-40(52(7,8)9)31-41(27-36)53(10,11)12)49(45)37-28-43(55-22-18-16-20-47(55)57)34-44(29-37)56-23-19-17-21-48(56)58/h24-34H,16-23H2,1-15H3. The maximum Gasteiger partial charge on any atom is 0.226 e. The van der Waals surface area contributed by atoms with Crippen molar-refractivity contribution in [1.29, 1.82) is 0 Å². The second-order valence-electron chi connectivity index (χ2n) is 22.5. The highest BCUT2D eigenvalue weighted by Crippen LogP contribution is 2.48. The van der Waals surface area contributed by atoms with Crippen LogP contribution in [0.5, 0.6) is 0 Å². The van der Waals surface area contributed by atoms with Crippen molar-refractivity contribution in [3.05, 3.63) is 94.5 Å². The molecule has 4 heteroatoms. The van der Waals surface area contributed by atoms with Crippen LogP contribution >= 0.6 is 0 Å².